The van der Waals surface area contributed by atoms with E-state index in [0.29, 0.717) is 30.9 Å². The molecule has 0 bridgehead atoms. The number of carbonyl (C=O) groups excluding carboxylic acids is 2. The molecule has 1 fully saturated rings. The Bertz CT molecular complexity index is 454. The minimum Gasteiger partial charge on any atom is -0.375 e. The van der Waals surface area contributed by atoms with Gasteiger partial charge in [0.1, 0.15) is 0 Å². The molecular formula is C20H36N2O3S. The highest BCUT2D eigenvalue weighted by molar-refractivity contribution is 8.00. The molecule has 1 heterocycles. The van der Waals surface area contributed by atoms with E-state index in [-0.39, 0.29) is 11.5 Å². The summed E-state index contributed by atoms with van der Waals surface area (Å²) in [6.45, 7) is 11.3. The summed E-state index contributed by atoms with van der Waals surface area (Å²) < 4.78 is 5.86. The number of carbonyl (C=O) groups is 2. The third-order valence-electron chi connectivity index (χ3n) is 4.64. The molecular weight excluding hydrogens is 348 g/mol. The highest BCUT2D eigenvalue weighted by Crippen LogP contribution is 2.30. The first-order valence-electron chi connectivity index (χ1n) is 9.69. The van der Waals surface area contributed by atoms with Crippen LogP contribution >= 0.6 is 11.8 Å². The van der Waals surface area contributed by atoms with Gasteiger partial charge >= 0.3 is 0 Å². The molecule has 5 nitrogen and oxygen atoms in total. The van der Waals surface area contributed by atoms with Gasteiger partial charge in [-0.25, -0.2) is 0 Å². The van der Waals surface area contributed by atoms with E-state index in [2.05, 4.69) is 31.1 Å². The zero-order valence-corrected chi connectivity index (χ0v) is 17.5. The largest absolute Gasteiger partial charge is 0.375 e. The van der Waals surface area contributed by atoms with Gasteiger partial charge in [0.15, 0.2) is 0 Å². The van der Waals surface area contributed by atoms with Crippen LogP contribution in [0.25, 0.3) is 0 Å². The average molecular weight is 385 g/mol. The summed E-state index contributed by atoms with van der Waals surface area (Å²) in [7, 11) is 0. The number of hydrogen-bond donors (Lipinski definition) is 2. The van der Waals surface area contributed by atoms with E-state index >= 15 is 0 Å². The molecule has 6 heteroatoms. The molecule has 26 heavy (non-hydrogen) atoms. The van der Waals surface area contributed by atoms with Gasteiger partial charge in [-0.1, -0.05) is 12.0 Å². The van der Waals surface area contributed by atoms with Crippen molar-refractivity contribution in [1.29, 1.82) is 0 Å². The third-order valence-corrected chi connectivity index (χ3v) is 6.13. The van der Waals surface area contributed by atoms with Crippen molar-refractivity contribution in [2.24, 2.45) is 0 Å². The van der Waals surface area contributed by atoms with Gasteiger partial charge in [-0.3, -0.25) is 9.59 Å². The summed E-state index contributed by atoms with van der Waals surface area (Å²) in [6, 6.07) is 0.326. The lowest BCUT2D eigenvalue weighted by atomic mass is 10.0. The van der Waals surface area contributed by atoms with Crippen LogP contribution < -0.4 is 10.6 Å². The molecule has 1 saturated heterocycles. The van der Waals surface area contributed by atoms with Crippen LogP contribution in [0.4, 0.5) is 0 Å². The first-order valence-corrected chi connectivity index (χ1v) is 10.7. The van der Waals surface area contributed by atoms with Crippen molar-refractivity contribution in [1.82, 2.24) is 10.6 Å². The van der Waals surface area contributed by atoms with Gasteiger partial charge < -0.3 is 15.4 Å². The van der Waals surface area contributed by atoms with Gasteiger partial charge in [-0.2, -0.15) is 11.8 Å². The number of thioether (sulfide) groups is 1. The van der Waals surface area contributed by atoms with E-state index in [9.17, 15) is 9.59 Å². The summed E-state index contributed by atoms with van der Waals surface area (Å²) in [4.78, 5) is 22.4. The number of hydrogen-bond acceptors (Lipinski definition) is 4. The van der Waals surface area contributed by atoms with E-state index in [1.807, 2.05) is 18.7 Å². The van der Waals surface area contributed by atoms with Crippen molar-refractivity contribution >= 4 is 24.1 Å². The standard InChI is InChI=1S/C20H36N2O3S/c1-16(2)9-12-25-20(3,4)10-11-21-19(24)8-6-5-7-18-13-17(14-26-18)22-15-23/h15,17-18H,1,5-14H2,2-4H3,(H,21,24)(H,22,23)/t17-,18?/m1/s1. The van der Waals surface area contributed by atoms with Crippen molar-refractivity contribution < 1.29 is 14.3 Å². The summed E-state index contributed by atoms with van der Waals surface area (Å²) in [5.74, 6) is 1.14. The summed E-state index contributed by atoms with van der Waals surface area (Å²) in [5, 5.41) is 6.47. The van der Waals surface area contributed by atoms with Crippen LogP contribution in [-0.4, -0.2) is 48.1 Å². The van der Waals surface area contributed by atoms with Gasteiger partial charge in [-0.15, -0.1) is 6.58 Å². The number of amides is 2. The Morgan fingerprint density at radius 1 is 1.35 bits per heavy atom. The second-order valence-electron chi connectivity index (χ2n) is 7.83. The molecule has 0 aromatic heterocycles. The zero-order chi connectivity index (χ0) is 19.4. The van der Waals surface area contributed by atoms with Crippen molar-refractivity contribution in [2.45, 2.75) is 82.6 Å². The van der Waals surface area contributed by atoms with Crippen LogP contribution in [0, 0.1) is 0 Å². The second kappa shape index (κ2) is 12.4. The Morgan fingerprint density at radius 3 is 2.81 bits per heavy atom. The fourth-order valence-electron chi connectivity index (χ4n) is 2.94. The molecule has 2 amide bonds. The Balaban J connectivity index is 2.03. The molecule has 2 N–H and O–H groups in total. The maximum absolute atomic E-state index is 11.9. The fraction of sp³-hybridized carbons (Fsp3) is 0.800. The van der Waals surface area contributed by atoms with Gasteiger partial charge in [0.2, 0.25) is 12.3 Å². The zero-order valence-electron chi connectivity index (χ0n) is 16.6. The molecule has 2 atom stereocenters. The normalized spacial score (nSPS) is 20.0. The van der Waals surface area contributed by atoms with Crippen LogP contribution in [0.15, 0.2) is 12.2 Å². The summed E-state index contributed by atoms with van der Waals surface area (Å²) >= 11 is 1.93. The number of unbranched alkanes of at least 4 members (excludes halogenated alkanes) is 1. The van der Waals surface area contributed by atoms with E-state index in [1.54, 1.807) is 0 Å². The molecule has 1 rings (SSSR count). The quantitative estimate of drug-likeness (QED) is 0.273. The van der Waals surface area contributed by atoms with E-state index in [1.165, 1.54) is 0 Å². The maximum atomic E-state index is 11.9. The summed E-state index contributed by atoms with van der Waals surface area (Å²) in [5.41, 5.74) is 0.898. The van der Waals surface area contributed by atoms with Gasteiger partial charge in [0.05, 0.1) is 12.2 Å². The molecule has 0 radical (unpaired) electrons. The molecule has 0 aromatic carbocycles. The minimum atomic E-state index is -0.228. The first kappa shape index (κ1) is 23.0. The minimum absolute atomic E-state index is 0.127. The van der Waals surface area contributed by atoms with Gasteiger partial charge in [0, 0.05) is 30.0 Å². The lowest BCUT2D eigenvalue weighted by Crippen LogP contribution is -2.33. The molecule has 0 saturated carbocycles. The molecule has 1 unspecified atom stereocenters. The Labute approximate surface area is 163 Å². The van der Waals surface area contributed by atoms with Crippen LogP contribution in [0.5, 0.6) is 0 Å². The van der Waals surface area contributed by atoms with Crippen LogP contribution in [0.3, 0.4) is 0 Å². The van der Waals surface area contributed by atoms with Crippen molar-refractivity contribution in [2.75, 3.05) is 18.9 Å². The fourth-order valence-corrected chi connectivity index (χ4v) is 4.38. The maximum Gasteiger partial charge on any atom is 0.219 e. The Hall–Kier alpha value is -1.01. The van der Waals surface area contributed by atoms with E-state index in [4.69, 9.17) is 4.74 Å². The number of nitrogens with one attached hydrogen (secondary N) is 2. The van der Waals surface area contributed by atoms with Crippen LogP contribution in [0.2, 0.25) is 0 Å². The smallest absolute Gasteiger partial charge is 0.219 e. The molecule has 0 aliphatic carbocycles. The second-order valence-corrected chi connectivity index (χ2v) is 9.17. The Kier molecular flexibility index (Phi) is 11.0. The van der Waals surface area contributed by atoms with Crippen molar-refractivity contribution in [3.8, 4) is 0 Å². The predicted molar refractivity (Wildman–Crippen MR) is 109 cm³/mol. The number of rotatable bonds is 14. The highest BCUT2D eigenvalue weighted by atomic mass is 32.2. The monoisotopic (exact) mass is 384 g/mol. The van der Waals surface area contributed by atoms with Crippen LogP contribution in [-0.2, 0) is 14.3 Å². The van der Waals surface area contributed by atoms with Crippen molar-refractivity contribution in [3.63, 3.8) is 0 Å². The summed E-state index contributed by atoms with van der Waals surface area (Å²) in [6.07, 6.45) is 7.23. The molecule has 1 aliphatic heterocycles. The number of ether oxygens (including phenoxy) is 1. The topological polar surface area (TPSA) is 67.4 Å². The highest BCUT2D eigenvalue weighted by Gasteiger charge is 2.24. The molecule has 0 aromatic rings. The van der Waals surface area contributed by atoms with Gasteiger partial charge in [-0.05, 0) is 52.9 Å². The first-order chi connectivity index (χ1) is 12.3. The lowest BCUT2D eigenvalue weighted by molar-refractivity contribution is -0.121. The van der Waals surface area contributed by atoms with Crippen LogP contribution in [0.1, 0.15) is 65.7 Å². The van der Waals surface area contributed by atoms with E-state index < -0.39 is 0 Å². The van der Waals surface area contributed by atoms with Gasteiger partial charge in [0.25, 0.3) is 0 Å². The third kappa shape index (κ3) is 10.9. The molecule has 1 aliphatic rings. The predicted octanol–water partition coefficient (Wildman–Crippen LogP) is 3.43. The molecule has 0 spiro atoms. The van der Waals surface area contributed by atoms with Crippen molar-refractivity contribution in [3.05, 3.63) is 12.2 Å². The Morgan fingerprint density at radius 2 is 2.12 bits per heavy atom. The average Bonchev–Trinajstić information content (AvgIpc) is 2.99. The van der Waals surface area contributed by atoms with E-state index in [0.717, 1.165) is 56.3 Å². The lowest BCUT2D eigenvalue weighted by Gasteiger charge is -2.25. The SMILES string of the molecule is C=C(C)CCOC(C)(C)CCNC(=O)CCCCC1C[C@@H](NC=O)CS1. The molecule has 150 valence electrons.